The zero-order valence-electron chi connectivity index (χ0n) is 14.9. The first-order valence-corrected chi connectivity index (χ1v) is 8.58. The van der Waals surface area contributed by atoms with Gasteiger partial charge in [0, 0.05) is 29.4 Å². The van der Waals surface area contributed by atoms with Crippen molar-refractivity contribution in [3.05, 3.63) is 88.5 Å². The lowest BCUT2D eigenvalue weighted by Gasteiger charge is -2.08. The van der Waals surface area contributed by atoms with E-state index in [0.717, 1.165) is 16.5 Å². The number of hydrazone groups is 1. The Balaban J connectivity index is 1.50. The lowest BCUT2D eigenvalue weighted by molar-refractivity contribution is -0.384. The fourth-order valence-corrected chi connectivity index (χ4v) is 2.64. The van der Waals surface area contributed by atoms with Gasteiger partial charge in [-0.1, -0.05) is 54.6 Å². The first-order chi connectivity index (χ1) is 13.6. The Hall–Kier alpha value is -4.00. The van der Waals surface area contributed by atoms with Crippen LogP contribution in [0.1, 0.15) is 5.56 Å². The molecule has 0 spiro atoms. The first kappa shape index (κ1) is 18.8. The average molecular weight is 374 g/mol. The van der Waals surface area contributed by atoms with E-state index in [4.69, 9.17) is 0 Å². The Morgan fingerprint density at radius 1 is 1.07 bits per heavy atom. The van der Waals surface area contributed by atoms with Gasteiger partial charge < -0.3 is 5.32 Å². The fraction of sp³-hybridized carbons (Fsp3) is 0.0476. The minimum Gasteiger partial charge on any atom is -0.376 e. The van der Waals surface area contributed by atoms with Gasteiger partial charge in [0.1, 0.15) is 0 Å². The van der Waals surface area contributed by atoms with E-state index in [9.17, 15) is 14.9 Å². The highest BCUT2D eigenvalue weighted by molar-refractivity contribution is 5.95. The second-order valence-corrected chi connectivity index (χ2v) is 5.90. The van der Waals surface area contributed by atoms with Crippen molar-refractivity contribution >= 4 is 40.3 Å². The molecule has 3 rings (SSSR count). The highest BCUT2D eigenvalue weighted by Gasteiger charge is 2.04. The summed E-state index contributed by atoms with van der Waals surface area (Å²) in [6.45, 7) is 0.0833. The number of carbonyl (C=O) groups is 1. The van der Waals surface area contributed by atoms with E-state index in [2.05, 4.69) is 15.8 Å². The van der Waals surface area contributed by atoms with Gasteiger partial charge in [-0.2, -0.15) is 5.10 Å². The molecular formula is C21H18N4O3. The number of fused-ring (bicyclic) bond motifs is 1. The van der Waals surface area contributed by atoms with Crippen LogP contribution in [0.25, 0.3) is 16.8 Å². The smallest absolute Gasteiger partial charge is 0.270 e. The molecule has 0 heterocycles. The highest BCUT2D eigenvalue weighted by atomic mass is 16.6. The molecule has 0 aliphatic rings. The number of amides is 1. The van der Waals surface area contributed by atoms with Gasteiger partial charge in [-0.05, 0) is 23.1 Å². The van der Waals surface area contributed by atoms with Crippen LogP contribution >= 0.6 is 0 Å². The minimum atomic E-state index is -0.450. The Morgan fingerprint density at radius 2 is 1.86 bits per heavy atom. The van der Waals surface area contributed by atoms with Crippen LogP contribution in [-0.4, -0.2) is 23.6 Å². The van der Waals surface area contributed by atoms with Crippen molar-refractivity contribution in [1.82, 2.24) is 5.43 Å². The molecular weight excluding hydrogens is 356 g/mol. The Morgan fingerprint density at radius 3 is 2.71 bits per heavy atom. The summed E-state index contributed by atoms with van der Waals surface area (Å²) in [7, 11) is 0. The van der Waals surface area contributed by atoms with Crippen molar-refractivity contribution in [3.63, 3.8) is 0 Å². The molecule has 0 aliphatic carbocycles. The normalized spacial score (nSPS) is 11.1. The standard InChI is InChI=1S/C21H18N4O3/c26-21(15-22-20-12-4-9-17-8-1-2-11-19(17)20)24-23-13-5-7-16-6-3-10-18(14-16)25(27)28/h1-14,22H,15H2,(H,24,26)/b7-5+,23-13+. The number of hydrogen-bond acceptors (Lipinski definition) is 5. The third-order valence-electron chi connectivity index (χ3n) is 3.95. The topological polar surface area (TPSA) is 96.6 Å². The first-order valence-electron chi connectivity index (χ1n) is 8.58. The van der Waals surface area contributed by atoms with Crippen molar-refractivity contribution in [2.24, 2.45) is 5.10 Å². The number of anilines is 1. The number of non-ortho nitro benzene ring substituents is 1. The third kappa shape index (κ3) is 5.01. The van der Waals surface area contributed by atoms with E-state index in [1.165, 1.54) is 18.3 Å². The van der Waals surface area contributed by atoms with E-state index in [-0.39, 0.29) is 18.1 Å². The Kier molecular flexibility index (Phi) is 6.10. The monoisotopic (exact) mass is 374 g/mol. The summed E-state index contributed by atoms with van der Waals surface area (Å²) >= 11 is 0. The molecule has 1 amide bonds. The molecule has 0 unspecified atom stereocenters. The number of hydrogen-bond donors (Lipinski definition) is 2. The van der Waals surface area contributed by atoms with Crippen LogP contribution in [-0.2, 0) is 4.79 Å². The summed E-state index contributed by atoms with van der Waals surface area (Å²) in [5.74, 6) is -0.284. The Bertz CT molecular complexity index is 1050. The molecule has 0 fully saturated rings. The predicted octanol–water partition coefficient (Wildman–Crippen LogP) is 3.98. The number of nitrogens with zero attached hydrogens (tertiary/aromatic N) is 2. The molecule has 3 aromatic rings. The van der Waals surface area contributed by atoms with E-state index in [1.807, 2.05) is 42.5 Å². The predicted molar refractivity (Wildman–Crippen MR) is 111 cm³/mol. The van der Waals surface area contributed by atoms with Crippen molar-refractivity contribution in [2.75, 3.05) is 11.9 Å². The highest BCUT2D eigenvalue weighted by Crippen LogP contribution is 2.22. The number of nitro groups is 1. The summed E-state index contributed by atoms with van der Waals surface area (Å²) in [6.07, 6.45) is 4.67. The molecule has 0 aromatic heterocycles. The molecule has 0 atom stereocenters. The SMILES string of the molecule is O=C(CNc1cccc2ccccc12)N/N=C/C=C/c1cccc([N+](=O)[O-])c1. The van der Waals surface area contributed by atoms with Gasteiger partial charge in [0.2, 0.25) is 0 Å². The van der Waals surface area contributed by atoms with E-state index in [1.54, 1.807) is 24.3 Å². The number of allylic oxidation sites excluding steroid dienone is 1. The van der Waals surface area contributed by atoms with Crippen molar-refractivity contribution < 1.29 is 9.72 Å². The van der Waals surface area contributed by atoms with Crippen molar-refractivity contribution in [3.8, 4) is 0 Å². The summed E-state index contributed by atoms with van der Waals surface area (Å²) in [6, 6.07) is 20.0. The maximum absolute atomic E-state index is 11.9. The zero-order valence-corrected chi connectivity index (χ0v) is 14.9. The van der Waals surface area contributed by atoms with Crippen LogP contribution in [0.4, 0.5) is 11.4 Å². The van der Waals surface area contributed by atoms with E-state index < -0.39 is 4.92 Å². The largest absolute Gasteiger partial charge is 0.376 e. The van der Waals surface area contributed by atoms with Crippen LogP contribution in [0.2, 0.25) is 0 Å². The van der Waals surface area contributed by atoms with Crippen molar-refractivity contribution in [2.45, 2.75) is 0 Å². The van der Waals surface area contributed by atoms with Gasteiger partial charge in [0.25, 0.3) is 11.6 Å². The fourth-order valence-electron chi connectivity index (χ4n) is 2.64. The molecule has 7 heteroatoms. The third-order valence-corrected chi connectivity index (χ3v) is 3.95. The molecule has 0 radical (unpaired) electrons. The lowest BCUT2D eigenvalue weighted by Crippen LogP contribution is -2.25. The number of nitrogens with one attached hydrogen (secondary N) is 2. The molecule has 140 valence electrons. The summed E-state index contributed by atoms with van der Waals surface area (Å²) in [4.78, 5) is 22.2. The summed E-state index contributed by atoms with van der Waals surface area (Å²) in [5, 5.41) is 19.8. The van der Waals surface area contributed by atoms with E-state index in [0.29, 0.717) is 5.56 Å². The van der Waals surface area contributed by atoms with Gasteiger partial charge in [-0.15, -0.1) is 0 Å². The van der Waals surface area contributed by atoms with Crippen LogP contribution in [0.3, 0.4) is 0 Å². The van der Waals surface area contributed by atoms with Gasteiger partial charge in [-0.25, -0.2) is 5.43 Å². The number of rotatable bonds is 7. The second kappa shape index (κ2) is 9.09. The summed E-state index contributed by atoms with van der Waals surface area (Å²) < 4.78 is 0. The van der Waals surface area contributed by atoms with Crippen LogP contribution in [0.5, 0.6) is 0 Å². The molecule has 28 heavy (non-hydrogen) atoms. The molecule has 0 saturated carbocycles. The molecule has 7 nitrogen and oxygen atoms in total. The number of benzene rings is 3. The minimum absolute atomic E-state index is 0.0203. The maximum atomic E-state index is 11.9. The van der Waals surface area contributed by atoms with Crippen LogP contribution in [0, 0.1) is 10.1 Å². The van der Waals surface area contributed by atoms with Gasteiger partial charge in [0.05, 0.1) is 11.5 Å². The number of carbonyl (C=O) groups excluding carboxylic acids is 1. The summed E-state index contributed by atoms with van der Waals surface area (Å²) in [5.41, 5.74) is 3.99. The maximum Gasteiger partial charge on any atom is 0.270 e. The Labute approximate surface area is 161 Å². The molecule has 0 bridgehead atoms. The second-order valence-electron chi connectivity index (χ2n) is 5.90. The van der Waals surface area contributed by atoms with Crippen molar-refractivity contribution in [1.29, 1.82) is 0 Å². The molecule has 2 N–H and O–H groups in total. The van der Waals surface area contributed by atoms with Gasteiger partial charge in [0.15, 0.2) is 0 Å². The molecule has 0 aliphatic heterocycles. The molecule has 0 saturated heterocycles. The quantitative estimate of drug-likeness (QED) is 0.371. The van der Waals surface area contributed by atoms with Gasteiger partial charge >= 0.3 is 0 Å². The average Bonchev–Trinajstić information content (AvgIpc) is 2.72. The molecule has 3 aromatic carbocycles. The van der Waals surface area contributed by atoms with Gasteiger partial charge in [-0.3, -0.25) is 14.9 Å². The zero-order chi connectivity index (χ0) is 19.8. The lowest BCUT2D eigenvalue weighted by atomic mass is 10.1. The van der Waals surface area contributed by atoms with Crippen LogP contribution in [0.15, 0.2) is 77.9 Å². The van der Waals surface area contributed by atoms with Crippen LogP contribution < -0.4 is 10.7 Å². The number of nitro benzene ring substituents is 1. The van der Waals surface area contributed by atoms with E-state index >= 15 is 0 Å².